The molecule has 0 saturated carbocycles. The summed E-state index contributed by atoms with van der Waals surface area (Å²) in [5.41, 5.74) is 2.96. The molecule has 5 nitrogen and oxygen atoms in total. The summed E-state index contributed by atoms with van der Waals surface area (Å²) < 4.78 is 0. The van der Waals surface area contributed by atoms with Crippen LogP contribution in [0.15, 0.2) is 67.0 Å². The van der Waals surface area contributed by atoms with Gasteiger partial charge in [0.05, 0.1) is 29.1 Å². The number of carbonyl (C=O) groups excluding carboxylic acids is 1. The van der Waals surface area contributed by atoms with Gasteiger partial charge in [0.25, 0.3) is 5.91 Å². The van der Waals surface area contributed by atoms with Crippen LogP contribution >= 0.6 is 11.6 Å². The van der Waals surface area contributed by atoms with Gasteiger partial charge in [-0.1, -0.05) is 17.7 Å². The van der Waals surface area contributed by atoms with Crippen LogP contribution in [0.2, 0.25) is 5.02 Å². The third-order valence-electron chi connectivity index (χ3n) is 3.38. The van der Waals surface area contributed by atoms with Gasteiger partial charge in [-0.3, -0.25) is 9.78 Å². The Bertz CT molecular complexity index is 948. The second kappa shape index (κ2) is 7.47. The molecule has 1 amide bonds. The molecule has 0 bridgehead atoms. The van der Waals surface area contributed by atoms with Crippen LogP contribution in [0.4, 0.5) is 17.1 Å². The molecule has 0 aliphatic carbocycles. The fourth-order valence-electron chi connectivity index (χ4n) is 2.20. The molecule has 2 N–H and O–H groups in total. The molecular weight excluding hydrogens is 336 g/mol. The lowest BCUT2D eigenvalue weighted by Gasteiger charge is -2.09. The number of halogens is 1. The Kier molecular flexibility index (Phi) is 4.93. The van der Waals surface area contributed by atoms with Crippen LogP contribution in [0, 0.1) is 11.3 Å². The fourth-order valence-corrected chi connectivity index (χ4v) is 2.33. The molecule has 3 aromatic rings. The van der Waals surface area contributed by atoms with Crippen LogP contribution in [0.25, 0.3) is 0 Å². The molecule has 0 fully saturated rings. The summed E-state index contributed by atoms with van der Waals surface area (Å²) in [4.78, 5) is 16.5. The maximum absolute atomic E-state index is 12.4. The quantitative estimate of drug-likeness (QED) is 0.722. The third-order valence-corrected chi connectivity index (χ3v) is 3.63. The summed E-state index contributed by atoms with van der Waals surface area (Å²) in [7, 11) is 0. The molecule has 2 aromatic carbocycles. The Morgan fingerprint density at radius 3 is 2.56 bits per heavy atom. The van der Waals surface area contributed by atoms with Gasteiger partial charge in [-0.2, -0.15) is 5.26 Å². The summed E-state index contributed by atoms with van der Waals surface area (Å²) in [5.74, 6) is -0.303. The molecule has 122 valence electrons. The zero-order valence-electron chi connectivity index (χ0n) is 13.0. The predicted octanol–water partition coefficient (Wildman–Crippen LogP) is 4.60. The smallest absolute Gasteiger partial charge is 0.257 e. The minimum Gasteiger partial charge on any atom is -0.354 e. The van der Waals surface area contributed by atoms with E-state index in [9.17, 15) is 4.79 Å². The maximum atomic E-state index is 12.4. The van der Waals surface area contributed by atoms with E-state index in [4.69, 9.17) is 16.9 Å². The standard InChI is InChI=1S/C19H13ClN4O/c20-15-4-6-16(7-5-15)23-18-9-14(11-22-12-18)19(25)24-17-3-1-2-13(8-17)10-21/h1-9,11-12,23H,(H,24,25). The van der Waals surface area contributed by atoms with Crippen molar-refractivity contribution in [1.29, 1.82) is 5.26 Å². The molecule has 3 rings (SSSR count). The Labute approximate surface area is 149 Å². The molecule has 0 atom stereocenters. The maximum Gasteiger partial charge on any atom is 0.257 e. The van der Waals surface area contributed by atoms with Crippen LogP contribution in [0.1, 0.15) is 15.9 Å². The van der Waals surface area contributed by atoms with Crippen molar-refractivity contribution in [2.45, 2.75) is 0 Å². The van der Waals surface area contributed by atoms with E-state index in [0.717, 1.165) is 5.69 Å². The van der Waals surface area contributed by atoms with Crippen molar-refractivity contribution in [3.05, 3.63) is 83.1 Å². The highest BCUT2D eigenvalue weighted by Gasteiger charge is 2.08. The van der Waals surface area contributed by atoms with Gasteiger partial charge in [-0.05, 0) is 48.5 Å². The second-order valence-electron chi connectivity index (χ2n) is 5.24. The number of amides is 1. The van der Waals surface area contributed by atoms with Gasteiger partial charge in [0, 0.05) is 22.6 Å². The number of anilines is 3. The van der Waals surface area contributed by atoms with Crippen LogP contribution in [0.5, 0.6) is 0 Å². The first-order chi connectivity index (χ1) is 12.1. The van der Waals surface area contributed by atoms with Crippen molar-refractivity contribution in [2.24, 2.45) is 0 Å². The van der Waals surface area contributed by atoms with Crippen LogP contribution < -0.4 is 10.6 Å². The van der Waals surface area contributed by atoms with Gasteiger partial charge in [0.1, 0.15) is 0 Å². The number of pyridine rings is 1. The number of rotatable bonds is 4. The number of aromatic nitrogens is 1. The topological polar surface area (TPSA) is 77.8 Å². The molecule has 0 aliphatic rings. The molecule has 0 saturated heterocycles. The van der Waals surface area contributed by atoms with Crippen molar-refractivity contribution < 1.29 is 4.79 Å². The van der Waals surface area contributed by atoms with E-state index < -0.39 is 0 Å². The van der Waals surface area contributed by atoms with E-state index in [0.29, 0.717) is 27.5 Å². The van der Waals surface area contributed by atoms with E-state index in [1.165, 1.54) is 6.20 Å². The Morgan fingerprint density at radius 2 is 1.80 bits per heavy atom. The zero-order valence-corrected chi connectivity index (χ0v) is 13.8. The first-order valence-electron chi connectivity index (χ1n) is 7.43. The largest absolute Gasteiger partial charge is 0.354 e. The Morgan fingerprint density at radius 1 is 1.00 bits per heavy atom. The Hall–Kier alpha value is -3.36. The van der Waals surface area contributed by atoms with Crippen molar-refractivity contribution in [3.63, 3.8) is 0 Å². The summed E-state index contributed by atoms with van der Waals surface area (Å²) in [6, 6.07) is 17.7. The van der Waals surface area contributed by atoms with Gasteiger partial charge in [0.15, 0.2) is 0 Å². The molecule has 0 unspecified atom stereocenters. The number of nitrogens with zero attached hydrogens (tertiary/aromatic N) is 2. The molecule has 0 spiro atoms. The van der Waals surface area contributed by atoms with Crippen molar-refractivity contribution in [3.8, 4) is 6.07 Å². The first kappa shape index (κ1) is 16.5. The lowest BCUT2D eigenvalue weighted by atomic mass is 10.2. The lowest BCUT2D eigenvalue weighted by molar-refractivity contribution is 0.102. The number of hydrogen-bond acceptors (Lipinski definition) is 4. The highest BCUT2D eigenvalue weighted by molar-refractivity contribution is 6.30. The summed E-state index contributed by atoms with van der Waals surface area (Å²) in [6.07, 6.45) is 3.11. The summed E-state index contributed by atoms with van der Waals surface area (Å²) in [6.45, 7) is 0. The first-order valence-corrected chi connectivity index (χ1v) is 7.81. The summed E-state index contributed by atoms with van der Waals surface area (Å²) in [5, 5.41) is 15.5. The van der Waals surface area contributed by atoms with Gasteiger partial charge in [0.2, 0.25) is 0 Å². The minimum atomic E-state index is -0.303. The molecule has 25 heavy (non-hydrogen) atoms. The molecule has 1 aromatic heterocycles. The molecule has 6 heteroatoms. The number of benzene rings is 2. The highest BCUT2D eigenvalue weighted by atomic mass is 35.5. The van der Waals surface area contributed by atoms with Crippen molar-refractivity contribution in [2.75, 3.05) is 10.6 Å². The second-order valence-corrected chi connectivity index (χ2v) is 5.68. The van der Waals surface area contributed by atoms with E-state index in [2.05, 4.69) is 15.6 Å². The van der Waals surface area contributed by atoms with Gasteiger partial charge < -0.3 is 10.6 Å². The van der Waals surface area contributed by atoms with E-state index >= 15 is 0 Å². The van der Waals surface area contributed by atoms with Crippen LogP contribution in [-0.4, -0.2) is 10.9 Å². The SMILES string of the molecule is N#Cc1cccc(NC(=O)c2cncc(Nc3ccc(Cl)cc3)c2)c1. The number of hydrogen-bond donors (Lipinski definition) is 2. The molecule has 1 heterocycles. The Balaban J connectivity index is 1.75. The minimum absolute atomic E-state index is 0.303. The third kappa shape index (κ3) is 4.34. The number of nitrogens with one attached hydrogen (secondary N) is 2. The van der Waals surface area contributed by atoms with Crippen molar-refractivity contribution in [1.82, 2.24) is 4.98 Å². The normalized spacial score (nSPS) is 9.92. The van der Waals surface area contributed by atoms with Crippen LogP contribution in [0.3, 0.4) is 0 Å². The fraction of sp³-hybridized carbons (Fsp3) is 0. The average Bonchev–Trinajstić information content (AvgIpc) is 2.64. The van der Waals surface area contributed by atoms with E-state index in [1.54, 1.807) is 48.7 Å². The van der Waals surface area contributed by atoms with E-state index in [-0.39, 0.29) is 5.91 Å². The summed E-state index contributed by atoms with van der Waals surface area (Å²) >= 11 is 5.87. The molecular formula is C19H13ClN4O. The van der Waals surface area contributed by atoms with Crippen molar-refractivity contribution >= 4 is 34.6 Å². The van der Waals surface area contributed by atoms with Gasteiger partial charge >= 0.3 is 0 Å². The number of carbonyl (C=O) groups is 1. The molecule has 0 radical (unpaired) electrons. The van der Waals surface area contributed by atoms with Gasteiger partial charge in [-0.25, -0.2) is 0 Å². The highest BCUT2D eigenvalue weighted by Crippen LogP contribution is 2.19. The zero-order chi connectivity index (χ0) is 17.6. The van der Waals surface area contributed by atoms with Crippen LogP contribution in [-0.2, 0) is 0 Å². The lowest BCUT2D eigenvalue weighted by Crippen LogP contribution is -2.12. The van der Waals surface area contributed by atoms with Gasteiger partial charge in [-0.15, -0.1) is 0 Å². The predicted molar refractivity (Wildman–Crippen MR) is 98.1 cm³/mol. The van der Waals surface area contributed by atoms with E-state index in [1.807, 2.05) is 18.2 Å². The number of nitriles is 1. The molecule has 0 aliphatic heterocycles. The average molecular weight is 349 g/mol. The monoisotopic (exact) mass is 348 g/mol.